The van der Waals surface area contributed by atoms with Gasteiger partial charge in [-0.2, -0.15) is 0 Å². The highest BCUT2D eigenvalue weighted by molar-refractivity contribution is 5.80. The SMILES string of the molecule is O=C1CCC(COCCF)CC1.O=C1CO[C@H]2CCCC[C@@H]2N1C1CCN(C2CCC(COCCF)CC2)CC1.O=C1CO[C@H]2CCCC[C@@H]2N1C1CCN(C2CCC(COCCF)CC2)CC1.O=C1CO[C@H]2CCCC[C@@H]2N1C1CCNCC1. The Morgan fingerprint density at radius 1 is 0.376 bits per heavy atom. The number of ketones is 1. The van der Waals surface area contributed by atoms with E-state index in [2.05, 4.69) is 29.8 Å². The minimum atomic E-state index is -0.411. The lowest BCUT2D eigenvalue weighted by atomic mass is 9.84. The van der Waals surface area contributed by atoms with Crippen molar-refractivity contribution in [3.8, 4) is 0 Å². The van der Waals surface area contributed by atoms with Gasteiger partial charge in [0.15, 0.2) is 0 Å². The maximum absolute atomic E-state index is 12.6. The Labute approximate surface area is 508 Å². The quantitative estimate of drug-likeness (QED) is 0.138. The van der Waals surface area contributed by atoms with Crippen molar-refractivity contribution in [3.63, 3.8) is 0 Å². The van der Waals surface area contributed by atoms with Gasteiger partial charge in [-0.05, 0) is 172 Å². The van der Waals surface area contributed by atoms with Crippen LogP contribution in [0, 0.1) is 17.8 Å². The first-order chi connectivity index (χ1) is 41.7. The van der Waals surface area contributed by atoms with Gasteiger partial charge in [-0.15, -0.1) is 0 Å². The molecule has 6 atom stereocenters. The van der Waals surface area contributed by atoms with E-state index in [4.69, 9.17) is 28.4 Å². The second kappa shape index (κ2) is 35.8. The first-order valence-corrected chi connectivity index (χ1v) is 34.6. The molecule has 12 fully saturated rings. The number of carbonyl (C=O) groups excluding carboxylic acids is 4. The number of hydrogen-bond donors (Lipinski definition) is 1. The largest absolute Gasteiger partial charge is 0.378 e. The van der Waals surface area contributed by atoms with Crippen molar-refractivity contribution in [3.05, 3.63) is 0 Å². The first kappa shape index (κ1) is 66.9. The average Bonchev–Trinajstić information content (AvgIpc) is 3.72. The molecule has 6 heterocycles. The number of rotatable bonds is 17. The molecule has 6 saturated carbocycles. The van der Waals surface area contributed by atoms with Gasteiger partial charge in [-0.3, -0.25) is 19.2 Å². The van der Waals surface area contributed by atoms with Crippen LogP contribution in [0.15, 0.2) is 0 Å². The van der Waals surface area contributed by atoms with Crippen molar-refractivity contribution in [2.75, 3.05) is 119 Å². The lowest BCUT2D eigenvalue weighted by Crippen LogP contribution is -2.61. The molecule has 0 spiro atoms. The van der Waals surface area contributed by atoms with Crippen LogP contribution in [0.2, 0.25) is 0 Å². The van der Waals surface area contributed by atoms with Gasteiger partial charge in [0.25, 0.3) is 0 Å². The molecule has 0 unspecified atom stereocenters. The third-order valence-electron chi connectivity index (χ3n) is 21.7. The lowest BCUT2D eigenvalue weighted by Gasteiger charge is -2.50. The highest BCUT2D eigenvalue weighted by Crippen LogP contribution is 2.38. The lowest BCUT2D eigenvalue weighted by molar-refractivity contribution is -0.167. The van der Waals surface area contributed by atoms with Crippen LogP contribution < -0.4 is 5.32 Å². The molecule has 16 nitrogen and oxygen atoms in total. The molecular weight excluding hydrogens is 1090 g/mol. The van der Waals surface area contributed by atoms with Gasteiger partial charge in [-0.1, -0.05) is 38.5 Å². The standard InChI is InChI=1S/2C22H37FN2O3.C13H22N2O2.C9H15FO2/c2*23-11-14-27-15-17-5-7-18(8-6-17)24-12-9-19(10-13-24)25-20-3-1-2-4-21(20)28-16-22(25)26;16-13-9-17-12-4-2-1-3-11(12)15(13)10-5-7-14-8-6-10;10-5-6-12-7-8-1-3-9(11)4-2-8/h2*17-21H,1-16H2;10-12,14H,1-9H2;8H,1-7H2/t2*17?,18?,20-,21-;11-,12-;/m000./s1. The van der Waals surface area contributed by atoms with Crippen molar-refractivity contribution >= 4 is 23.5 Å². The van der Waals surface area contributed by atoms with Crippen LogP contribution in [0.25, 0.3) is 0 Å². The maximum atomic E-state index is 12.6. The molecule has 6 aliphatic heterocycles. The second-order valence-corrected chi connectivity index (χ2v) is 27.1. The Morgan fingerprint density at radius 2 is 0.694 bits per heavy atom. The summed E-state index contributed by atoms with van der Waals surface area (Å²) in [5, 5.41) is 3.37. The molecule has 1 N–H and O–H groups in total. The van der Waals surface area contributed by atoms with Crippen molar-refractivity contribution in [1.29, 1.82) is 0 Å². The fourth-order valence-corrected chi connectivity index (χ4v) is 17.1. The summed E-state index contributed by atoms with van der Waals surface area (Å²) in [5.41, 5.74) is 0. The fraction of sp³-hybridized carbons (Fsp3) is 0.939. The molecule has 0 radical (unpaired) electrons. The number of piperidine rings is 3. The monoisotopic (exact) mass is 1200 g/mol. The number of carbonyl (C=O) groups is 4. The van der Waals surface area contributed by atoms with Gasteiger partial charge < -0.3 is 58.2 Å². The number of halogens is 3. The van der Waals surface area contributed by atoms with Gasteiger partial charge in [0.1, 0.15) is 45.6 Å². The molecule has 0 aromatic heterocycles. The molecular formula is C66H111F3N6O10. The number of alkyl halides is 3. The average molecular weight is 1210 g/mol. The predicted molar refractivity (Wildman–Crippen MR) is 320 cm³/mol. The van der Waals surface area contributed by atoms with E-state index in [1.54, 1.807) is 0 Å². The van der Waals surface area contributed by atoms with Gasteiger partial charge in [0, 0.05) is 89.1 Å². The molecule has 0 aromatic rings. The molecule has 3 amide bonds. The number of amides is 3. The van der Waals surface area contributed by atoms with Gasteiger partial charge in [0.2, 0.25) is 17.7 Å². The summed E-state index contributed by atoms with van der Waals surface area (Å²) in [7, 11) is 0. The zero-order chi connectivity index (χ0) is 59.2. The topological polar surface area (TPSA) is 152 Å². The molecule has 6 aliphatic carbocycles. The van der Waals surface area contributed by atoms with E-state index in [0.717, 1.165) is 142 Å². The summed E-state index contributed by atoms with van der Waals surface area (Å²) in [6.07, 6.45) is 34.6. The molecule has 12 rings (SSSR count). The van der Waals surface area contributed by atoms with Crippen molar-refractivity contribution in [2.24, 2.45) is 17.8 Å². The van der Waals surface area contributed by atoms with Gasteiger partial charge in [0.05, 0.1) is 56.3 Å². The summed E-state index contributed by atoms with van der Waals surface area (Å²) < 4.78 is 69.2. The van der Waals surface area contributed by atoms with Crippen molar-refractivity contribution in [1.82, 2.24) is 29.8 Å². The van der Waals surface area contributed by atoms with Gasteiger partial charge in [-0.25, -0.2) is 13.2 Å². The van der Waals surface area contributed by atoms with Crippen LogP contribution in [0.4, 0.5) is 13.2 Å². The van der Waals surface area contributed by atoms with E-state index >= 15 is 0 Å². The summed E-state index contributed by atoms with van der Waals surface area (Å²) in [5.74, 6) is 2.71. The molecule has 12 aliphatic rings. The summed E-state index contributed by atoms with van der Waals surface area (Å²) in [6, 6.07) is 3.65. The number of hydrogen-bond acceptors (Lipinski definition) is 13. The summed E-state index contributed by atoms with van der Waals surface area (Å²) in [6.45, 7) is 9.02. The van der Waals surface area contributed by atoms with Crippen LogP contribution in [0.1, 0.15) is 193 Å². The molecule has 6 saturated heterocycles. The van der Waals surface area contributed by atoms with Crippen LogP contribution >= 0.6 is 0 Å². The van der Waals surface area contributed by atoms with E-state index in [1.165, 1.54) is 89.9 Å². The number of nitrogens with one attached hydrogen (secondary N) is 1. The van der Waals surface area contributed by atoms with E-state index in [9.17, 15) is 32.3 Å². The maximum Gasteiger partial charge on any atom is 0.249 e. The Bertz CT molecular complexity index is 1870. The second-order valence-electron chi connectivity index (χ2n) is 27.1. The molecule has 0 aromatic carbocycles. The highest BCUT2D eigenvalue weighted by atomic mass is 19.1. The van der Waals surface area contributed by atoms with Gasteiger partial charge >= 0.3 is 0 Å². The third-order valence-corrected chi connectivity index (χ3v) is 21.7. The van der Waals surface area contributed by atoms with Crippen LogP contribution in [0.3, 0.4) is 0 Å². The van der Waals surface area contributed by atoms with E-state index in [1.807, 2.05) is 0 Å². The normalized spacial score (nSPS) is 33.5. The molecule has 0 bridgehead atoms. The number of nitrogens with zero attached hydrogens (tertiary/aromatic N) is 5. The minimum absolute atomic E-state index is 0.199. The minimum Gasteiger partial charge on any atom is -0.378 e. The molecule has 19 heteroatoms. The van der Waals surface area contributed by atoms with E-state index in [-0.39, 0.29) is 76.3 Å². The fourth-order valence-electron chi connectivity index (χ4n) is 17.1. The zero-order valence-corrected chi connectivity index (χ0v) is 52.0. The third kappa shape index (κ3) is 19.5. The zero-order valence-electron chi connectivity index (χ0n) is 52.0. The Hall–Kier alpha value is -2.49. The van der Waals surface area contributed by atoms with Crippen molar-refractivity contribution in [2.45, 2.75) is 259 Å². The summed E-state index contributed by atoms with van der Waals surface area (Å²) in [4.78, 5) is 60.2. The smallest absolute Gasteiger partial charge is 0.249 e. The Morgan fingerprint density at radius 3 is 1.04 bits per heavy atom. The number of Topliss-reactive ketones (excluding diaryl/α,β-unsaturated/α-hetero) is 1. The molecule has 85 heavy (non-hydrogen) atoms. The van der Waals surface area contributed by atoms with Crippen LogP contribution in [-0.2, 0) is 47.6 Å². The summed E-state index contributed by atoms with van der Waals surface area (Å²) >= 11 is 0. The molecule has 486 valence electrons. The number of morpholine rings is 3. The number of likely N-dealkylation sites (tertiary alicyclic amines) is 2. The highest BCUT2D eigenvalue weighted by Gasteiger charge is 2.46. The van der Waals surface area contributed by atoms with E-state index < -0.39 is 6.67 Å². The Kier molecular flexibility index (Phi) is 28.2. The van der Waals surface area contributed by atoms with Crippen molar-refractivity contribution < 1.29 is 60.8 Å². The number of ether oxygens (including phenoxy) is 6. The van der Waals surface area contributed by atoms with Crippen LogP contribution in [0.5, 0.6) is 0 Å². The predicted octanol–water partition coefficient (Wildman–Crippen LogP) is 8.97. The van der Waals surface area contributed by atoms with E-state index in [0.29, 0.717) is 104 Å². The van der Waals surface area contributed by atoms with Crippen LogP contribution in [-0.4, -0.2) is 233 Å². The Balaban J connectivity index is 0.000000142. The first-order valence-electron chi connectivity index (χ1n) is 34.6. The number of fused-ring (bicyclic) bond motifs is 3.